The lowest BCUT2D eigenvalue weighted by atomic mass is 10.0. The molecule has 1 aliphatic heterocycles. The van der Waals surface area contributed by atoms with Crippen molar-refractivity contribution in [3.63, 3.8) is 0 Å². The molecule has 2 N–H and O–H groups in total. The van der Waals surface area contributed by atoms with E-state index in [1.54, 1.807) is 12.4 Å². The maximum atomic E-state index is 11.2. The second-order valence-electron chi connectivity index (χ2n) is 5.79. The van der Waals surface area contributed by atoms with Gasteiger partial charge in [0.2, 0.25) is 0 Å². The molecule has 3 aromatic rings. The van der Waals surface area contributed by atoms with E-state index in [4.69, 9.17) is 5.11 Å². The van der Waals surface area contributed by atoms with Crippen molar-refractivity contribution >= 4 is 28.5 Å². The average Bonchev–Trinajstić information content (AvgIpc) is 2.61. The summed E-state index contributed by atoms with van der Waals surface area (Å²) in [4.78, 5) is 21.5. The molecule has 2 aromatic heterocycles. The van der Waals surface area contributed by atoms with E-state index in [2.05, 4.69) is 15.3 Å². The lowest BCUT2D eigenvalue weighted by Gasteiger charge is -2.27. The average molecular weight is 320 g/mol. The summed E-state index contributed by atoms with van der Waals surface area (Å²) in [5.41, 5.74) is 3.89. The number of carboxylic acid groups (broad SMARTS) is 1. The van der Waals surface area contributed by atoms with E-state index in [0.717, 1.165) is 33.5 Å². The number of para-hydroxylation sites is 1. The number of aromatic nitrogens is 2. The van der Waals surface area contributed by atoms with Crippen LogP contribution in [0, 0.1) is 0 Å². The molecule has 0 bridgehead atoms. The van der Waals surface area contributed by atoms with Crippen LogP contribution in [0.4, 0.5) is 16.3 Å². The Balaban J connectivity index is 1.65. The third-order valence-electron chi connectivity index (χ3n) is 4.27. The van der Waals surface area contributed by atoms with E-state index in [-0.39, 0.29) is 0 Å². The number of amides is 1. The molecule has 0 radical (unpaired) electrons. The van der Waals surface area contributed by atoms with E-state index in [1.807, 2.05) is 36.4 Å². The van der Waals surface area contributed by atoms with E-state index >= 15 is 0 Å². The summed E-state index contributed by atoms with van der Waals surface area (Å²) in [7, 11) is 0. The number of rotatable bonds is 2. The molecule has 0 saturated carbocycles. The van der Waals surface area contributed by atoms with Gasteiger partial charge in [0.05, 0.1) is 17.4 Å². The van der Waals surface area contributed by atoms with Crippen molar-refractivity contribution in [1.82, 2.24) is 14.9 Å². The summed E-state index contributed by atoms with van der Waals surface area (Å²) in [5, 5.41) is 13.5. The lowest BCUT2D eigenvalue weighted by Crippen LogP contribution is -2.35. The van der Waals surface area contributed by atoms with Gasteiger partial charge in [-0.05, 0) is 30.2 Å². The highest BCUT2D eigenvalue weighted by molar-refractivity contribution is 5.82. The molecule has 0 aliphatic carbocycles. The summed E-state index contributed by atoms with van der Waals surface area (Å²) in [6.07, 6.45) is 3.26. The van der Waals surface area contributed by atoms with Gasteiger partial charge in [-0.25, -0.2) is 9.78 Å². The quantitative estimate of drug-likeness (QED) is 0.756. The van der Waals surface area contributed by atoms with Crippen molar-refractivity contribution in [1.29, 1.82) is 0 Å². The minimum atomic E-state index is -0.884. The largest absolute Gasteiger partial charge is 0.465 e. The zero-order valence-electron chi connectivity index (χ0n) is 12.9. The van der Waals surface area contributed by atoms with Crippen molar-refractivity contribution in [2.45, 2.75) is 13.0 Å². The molecular formula is C18H16N4O2. The van der Waals surface area contributed by atoms with Gasteiger partial charge >= 0.3 is 6.09 Å². The molecule has 120 valence electrons. The first-order valence-corrected chi connectivity index (χ1v) is 7.77. The number of nitrogens with zero attached hydrogens (tertiary/aromatic N) is 3. The highest BCUT2D eigenvalue weighted by Crippen LogP contribution is 2.27. The number of nitrogens with one attached hydrogen (secondary N) is 1. The third-order valence-corrected chi connectivity index (χ3v) is 4.27. The lowest BCUT2D eigenvalue weighted by molar-refractivity contribution is 0.140. The molecule has 0 unspecified atom stereocenters. The molecular weight excluding hydrogens is 304 g/mol. The van der Waals surface area contributed by atoms with Gasteiger partial charge in [-0.1, -0.05) is 18.2 Å². The minimum absolute atomic E-state index is 0.401. The van der Waals surface area contributed by atoms with Crippen LogP contribution in [0.2, 0.25) is 0 Å². The van der Waals surface area contributed by atoms with Gasteiger partial charge in [0, 0.05) is 30.2 Å². The van der Waals surface area contributed by atoms with Crippen molar-refractivity contribution in [2.24, 2.45) is 0 Å². The van der Waals surface area contributed by atoms with Crippen LogP contribution in [0.3, 0.4) is 0 Å². The van der Waals surface area contributed by atoms with Gasteiger partial charge in [0.25, 0.3) is 0 Å². The number of hydrogen-bond acceptors (Lipinski definition) is 4. The Bertz CT molecular complexity index is 926. The Hall–Kier alpha value is -3.15. The molecule has 4 rings (SSSR count). The summed E-state index contributed by atoms with van der Waals surface area (Å²) in [6, 6.07) is 11.9. The molecule has 0 atom stereocenters. The van der Waals surface area contributed by atoms with Crippen molar-refractivity contribution in [3.8, 4) is 0 Å². The van der Waals surface area contributed by atoms with Gasteiger partial charge in [0.15, 0.2) is 0 Å². The van der Waals surface area contributed by atoms with Gasteiger partial charge in [-0.3, -0.25) is 4.98 Å². The Morgan fingerprint density at radius 2 is 2.08 bits per heavy atom. The maximum Gasteiger partial charge on any atom is 0.407 e. The molecule has 24 heavy (non-hydrogen) atoms. The predicted octanol–water partition coefficient (Wildman–Crippen LogP) is 3.41. The summed E-state index contributed by atoms with van der Waals surface area (Å²) >= 11 is 0. The van der Waals surface area contributed by atoms with Crippen LogP contribution in [0.25, 0.3) is 10.9 Å². The molecule has 0 fully saturated rings. The second kappa shape index (κ2) is 5.81. The van der Waals surface area contributed by atoms with Gasteiger partial charge in [0.1, 0.15) is 5.82 Å². The van der Waals surface area contributed by atoms with Crippen LogP contribution in [-0.4, -0.2) is 32.6 Å². The molecule has 6 nitrogen and oxygen atoms in total. The van der Waals surface area contributed by atoms with E-state index in [1.165, 1.54) is 4.90 Å². The van der Waals surface area contributed by atoms with Crippen molar-refractivity contribution in [2.75, 3.05) is 11.9 Å². The van der Waals surface area contributed by atoms with Gasteiger partial charge in [-0.2, -0.15) is 0 Å². The summed E-state index contributed by atoms with van der Waals surface area (Å²) in [5.74, 6) is 0.773. The van der Waals surface area contributed by atoms with Crippen LogP contribution in [-0.2, 0) is 13.0 Å². The van der Waals surface area contributed by atoms with E-state index < -0.39 is 6.09 Å². The Morgan fingerprint density at radius 1 is 1.21 bits per heavy atom. The molecule has 6 heteroatoms. The van der Waals surface area contributed by atoms with Gasteiger partial charge < -0.3 is 15.3 Å². The van der Waals surface area contributed by atoms with E-state index in [9.17, 15) is 4.79 Å². The number of fused-ring (bicyclic) bond motifs is 2. The summed E-state index contributed by atoms with van der Waals surface area (Å²) in [6.45, 7) is 0.885. The number of anilines is 2. The van der Waals surface area contributed by atoms with Crippen LogP contribution in [0.1, 0.15) is 11.1 Å². The first-order chi connectivity index (χ1) is 11.7. The fourth-order valence-electron chi connectivity index (χ4n) is 3.04. The van der Waals surface area contributed by atoms with Crippen LogP contribution in [0.15, 0.2) is 48.8 Å². The normalized spacial score (nSPS) is 13.6. The highest BCUT2D eigenvalue weighted by Gasteiger charge is 2.22. The fourth-order valence-corrected chi connectivity index (χ4v) is 3.04. The SMILES string of the molecule is O=C(O)N1CCc2c(ccnc2Nc2cnc3ccccc3c2)C1. The topological polar surface area (TPSA) is 78.3 Å². The number of benzene rings is 1. The van der Waals surface area contributed by atoms with Crippen LogP contribution in [0.5, 0.6) is 0 Å². The Labute approximate surface area is 138 Å². The van der Waals surface area contributed by atoms with Gasteiger partial charge in [-0.15, -0.1) is 0 Å². The van der Waals surface area contributed by atoms with Crippen LogP contribution >= 0.6 is 0 Å². The Kier molecular flexibility index (Phi) is 3.49. The molecule has 1 amide bonds. The summed E-state index contributed by atoms with van der Waals surface area (Å²) < 4.78 is 0. The monoisotopic (exact) mass is 320 g/mol. The predicted molar refractivity (Wildman–Crippen MR) is 91.4 cm³/mol. The molecule has 1 aromatic carbocycles. The first kappa shape index (κ1) is 14.4. The first-order valence-electron chi connectivity index (χ1n) is 7.77. The maximum absolute atomic E-state index is 11.2. The van der Waals surface area contributed by atoms with E-state index in [0.29, 0.717) is 19.5 Å². The smallest absolute Gasteiger partial charge is 0.407 e. The number of hydrogen-bond donors (Lipinski definition) is 2. The molecule has 0 spiro atoms. The number of pyridine rings is 2. The van der Waals surface area contributed by atoms with Crippen LogP contribution < -0.4 is 5.32 Å². The van der Waals surface area contributed by atoms with Crippen molar-refractivity contribution in [3.05, 3.63) is 59.9 Å². The fraction of sp³-hybridized carbons (Fsp3) is 0.167. The standard InChI is InChI=1S/C18H16N4O2/c23-18(24)22-8-6-15-13(11-22)5-7-19-17(15)21-14-9-12-3-1-2-4-16(12)20-10-14/h1-5,7,9-10H,6,8,11H2,(H,19,21)(H,23,24). The molecule has 0 saturated heterocycles. The zero-order valence-corrected chi connectivity index (χ0v) is 12.9. The molecule has 1 aliphatic rings. The second-order valence-corrected chi connectivity index (χ2v) is 5.79. The molecule has 3 heterocycles. The number of carbonyl (C=O) groups is 1. The third kappa shape index (κ3) is 2.62. The highest BCUT2D eigenvalue weighted by atomic mass is 16.4. The zero-order chi connectivity index (χ0) is 16.5. The Morgan fingerprint density at radius 3 is 2.96 bits per heavy atom. The minimum Gasteiger partial charge on any atom is -0.465 e. The van der Waals surface area contributed by atoms with Crippen molar-refractivity contribution < 1.29 is 9.90 Å².